The lowest BCUT2D eigenvalue weighted by atomic mass is 10.2. The van der Waals surface area contributed by atoms with Gasteiger partial charge in [0.15, 0.2) is 5.96 Å². The van der Waals surface area contributed by atoms with Crippen molar-refractivity contribution < 1.29 is 9.13 Å². The van der Waals surface area contributed by atoms with Crippen LogP contribution in [0.2, 0.25) is 0 Å². The van der Waals surface area contributed by atoms with Crippen molar-refractivity contribution in [3.8, 4) is 5.88 Å². The van der Waals surface area contributed by atoms with Gasteiger partial charge in [-0.25, -0.2) is 9.37 Å². The second kappa shape index (κ2) is 10.9. The first-order valence-corrected chi connectivity index (χ1v) is 7.87. The van der Waals surface area contributed by atoms with E-state index in [1.54, 1.807) is 19.3 Å². The average molecular weight is 458 g/mol. The van der Waals surface area contributed by atoms with Crippen LogP contribution in [-0.4, -0.2) is 24.1 Å². The largest absolute Gasteiger partial charge is 0.475 e. The molecule has 25 heavy (non-hydrogen) atoms. The number of hydrogen-bond donors (Lipinski definition) is 2. The van der Waals surface area contributed by atoms with Crippen molar-refractivity contribution in [2.24, 2.45) is 4.99 Å². The number of hydrogen-bond acceptors (Lipinski definition) is 3. The topological polar surface area (TPSA) is 58.5 Å². The van der Waals surface area contributed by atoms with Crippen LogP contribution in [0.3, 0.4) is 0 Å². The number of nitrogens with zero attached hydrogens (tertiary/aromatic N) is 2. The Labute approximate surface area is 165 Å². The number of aromatic nitrogens is 1. The van der Waals surface area contributed by atoms with Crippen LogP contribution in [0.25, 0.3) is 0 Å². The van der Waals surface area contributed by atoms with Crippen LogP contribution in [0.1, 0.15) is 25.0 Å². The minimum atomic E-state index is -0.243. The van der Waals surface area contributed by atoms with E-state index in [1.165, 1.54) is 12.1 Å². The zero-order chi connectivity index (χ0) is 17.4. The Balaban J connectivity index is 0.00000312. The maximum Gasteiger partial charge on any atom is 0.213 e. The lowest BCUT2D eigenvalue weighted by molar-refractivity contribution is 0.232. The Kier molecular flexibility index (Phi) is 9.18. The van der Waals surface area contributed by atoms with Crippen LogP contribution in [0.5, 0.6) is 5.88 Å². The highest BCUT2D eigenvalue weighted by molar-refractivity contribution is 14.0. The summed E-state index contributed by atoms with van der Waals surface area (Å²) < 4.78 is 18.7. The smallest absolute Gasteiger partial charge is 0.213 e. The minimum absolute atomic E-state index is 0. The Hall–Kier alpha value is -1.90. The second-order valence-corrected chi connectivity index (χ2v) is 5.58. The van der Waals surface area contributed by atoms with Crippen LogP contribution < -0.4 is 15.4 Å². The lowest BCUT2D eigenvalue weighted by Crippen LogP contribution is -2.36. The molecule has 0 saturated heterocycles. The summed E-state index contributed by atoms with van der Waals surface area (Å²) >= 11 is 0. The van der Waals surface area contributed by atoms with Gasteiger partial charge in [-0.3, -0.25) is 4.99 Å². The van der Waals surface area contributed by atoms with Crippen molar-refractivity contribution in [1.29, 1.82) is 0 Å². The molecule has 0 aliphatic heterocycles. The highest BCUT2D eigenvalue weighted by Gasteiger charge is 2.02. The summed E-state index contributed by atoms with van der Waals surface area (Å²) in [6, 6.07) is 10.3. The van der Waals surface area contributed by atoms with Crippen LogP contribution >= 0.6 is 24.0 Å². The molecule has 0 aliphatic carbocycles. The molecule has 0 aliphatic rings. The van der Waals surface area contributed by atoms with Crippen LogP contribution in [0.15, 0.2) is 47.6 Å². The number of benzene rings is 1. The van der Waals surface area contributed by atoms with Crippen molar-refractivity contribution in [1.82, 2.24) is 15.6 Å². The molecule has 0 amide bonds. The van der Waals surface area contributed by atoms with Gasteiger partial charge < -0.3 is 15.4 Å². The van der Waals surface area contributed by atoms with E-state index in [2.05, 4.69) is 20.6 Å². The summed E-state index contributed by atoms with van der Waals surface area (Å²) in [7, 11) is 1.69. The molecule has 0 bridgehead atoms. The molecule has 2 aromatic rings. The van der Waals surface area contributed by atoms with Gasteiger partial charge in [0.05, 0.1) is 6.10 Å². The number of nitrogens with one attached hydrogen (secondary N) is 2. The normalized spacial score (nSPS) is 11.0. The fraction of sp³-hybridized carbons (Fsp3) is 0.333. The molecule has 1 heterocycles. The van der Waals surface area contributed by atoms with Gasteiger partial charge in [-0.05, 0) is 37.1 Å². The average Bonchev–Trinajstić information content (AvgIpc) is 2.56. The van der Waals surface area contributed by atoms with Crippen molar-refractivity contribution in [2.75, 3.05) is 7.05 Å². The first-order valence-electron chi connectivity index (χ1n) is 7.87. The third-order valence-electron chi connectivity index (χ3n) is 3.19. The van der Waals surface area contributed by atoms with E-state index in [0.717, 1.165) is 11.1 Å². The summed E-state index contributed by atoms with van der Waals surface area (Å²) in [4.78, 5) is 8.41. The van der Waals surface area contributed by atoms with Crippen molar-refractivity contribution in [3.63, 3.8) is 0 Å². The van der Waals surface area contributed by atoms with Crippen LogP contribution in [-0.2, 0) is 13.1 Å². The maximum atomic E-state index is 13.2. The molecule has 136 valence electrons. The standard InChI is InChI=1S/C18H23FN4O.HI/c1-13(2)24-17-8-7-15(11-21-17)12-23-18(20-3)22-10-14-5-4-6-16(19)9-14;/h4-9,11,13H,10,12H2,1-3H3,(H2,20,22,23);1H. The third-order valence-corrected chi connectivity index (χ3v) is 3.19. The third kappa shape index (κ3) is 7.68. The fourth-order valence-corrected chi connectivity index (χ4v) is 2.07. The second-order valence-electron chi connectivity index (χ2n) is 5.58. The molecule has 2 N–H and O–H groups in total. The number of halogens is 2. The number of aliphatic imine (C=N–C) groups is 1. The summed E-state index contributed by atoms with van der Waals surface area (Å²) in [5, 5.41) is 6.34. The molecule has 7 heteroatoms. The predicted octanol–water partition coefficient (Wildman–Crippen LogP) is 3.49. The number of guanidine groups is 1. The van der Waals surface area contributed by atoms with E-state index in [4.69, 9.17) is 4.74 Å². The molecule has 1 aromatic carbocycles. The monoisotopic (exact) mass is 458 g/mol. The van der Waals surface area contributed by atoms with Crippen molar-refractivity contribution in [3.05, 3.63) is 59.5 Å². The predicted molar refractivity (Wildman–Crippen MR) is 109 cm³/mol. The zero-order valence-corrected chi connectivity index (χ0v) is 17.0. The van der Waals surface area contributed by atoms with Gasteiger partial charge in [-0.1, -0.05) is 18.2 Å². The number of pyridine rings is 1. The molecule has 5 nitrogen and oxygen atoms in total. The SMILES string of the molecule is CN=C(NCc1ccc(OC(C)C)nc1)NCc1cccc(F)c1.I. The Bertz CT molecular complexity index is 677. The van der Waals surface area contributed by atoms with Gasteiger partial charge in [0, 0.05) is 32.4 Å². The molecule has 0 spiro atoms. The van der Waals surface area contributed by atoms with E-state index in [-0.39, 0.29) is 35.9 Å². The Morgan fingerprint density at radius 3 is 2.44 bits per heavy atom. The molecular formula is C18H24FIN4O. The van der Waals surface area contributed by atoms with Gasteiger partial charge in [-0.2, -0.15) is 0 Å². The number of rotatable bonds is 6. The van der Waals surface area contributed by atoms with Gasteiger partial charge in [0.1, 0.15) is 5.82 Å². The molecule has 0 radical (unpaired) electrons. The van der Waals surface area contributed by atoms with E-state index >= 15 is 0 Å². The first-order chi connectivity index (χ1) is 11.6. The summed E-state index contributed by atoms with van der Waals surface area (Å²) in [5.74, 6) is 1.01. The van der Waals surface area contributed by atoms with Gasteiger partial charge in [0.25, 0.3) is 0 Å². The van der Waals surface area contributed by atoms with E-state index < -0.39 is 0 Å². The molecular weight excluding hydrogens is 434 g/mol. The molecule has 2 rings (SSSR count). The Morgan fingerprint density at radius 2 is 1.88 bits per heavy atom. The van der Waals surface area contributed by atoms with Crippen molar-refractivity contribution in [2.45, 2.75) is 33.0 Å². The Morgan fingerprint density at radius 1 is 1.16 bits per heavy atom. The van der Waals surface area contributed by atoms with Gasteiger partial charge in [0.2, 0.25) is 5.88 Å². The minimum Gasteiger partial charge on any atom is -0.475 e. The van der Waals surface area contributed by atoms with E-state index in [1.807, 2.05) is 32.0 Å². The summed E-state index contributed by atoms with van der Waals surface area (Å²) in [6.07, 6.45) is 1.87. The van der Waals surface area contributed by atoms with Crippen LogP contribution in [0.4, 0.5) is 4.39 Å². The molecule has 0 atom stereocenters. The molecule has 0 fully saturated rings. The number of ether oxygens (including phenoxy) is 1. The highest BCUT2D eigenvalue weighted by atomic mass is 127. The zero-order valence-electron chi connectivity index (χ0n) is 14.6. The van der Waals surface area contributed by atoms with Gasteiger partial charge >= 0.3 is 0 Å². The van der Waals surface area contributed by atoms with Gasteiger partial charge in [-0.15, -0.1) is 24.0 Å². The molecule has 1 aromatic heterocycles. The summed E-state index contributed by atoms with van der Waals surface area (Å²) in [5.41, 5.74) is 1.87. The maximum absolute atomic E-state index is 13.2. The van der Waals surface area contributed by atoms with Crippen molar-refractivity contribution >= 4 is 29.9 Å². The molecule has 0 saturated carbocycles. The van der Waals surface area contributed by atoms with E-state index in [0.29, 0.717) is 24.9 Å². The fourth-order valence-electron chi connectivity index (χ4n) is 2.07. The molecule has 0 unspecified atom stereocenters. The highest BCUT2D eigenvalue weighted by Crippen LogP contribution is 2.09. The lowest BCUT2D eigenvalue weighted by Gasteiger charge is -2.13. The summed E-state index contributed by atoms with van der Waals surface area (Å²) in [6.45, 7) is 5.01. The quantitative estimate of drug-likeness (QED) is 0.396. The first kappa shape index (κ1) is 21.1. The van der Waals surface area contributed by atoms with E-state index in [9.17, 15) is 4.39 Å². The van der Waals surface area contributed by atoms with Crippen LogP contribution in [0, 0.1) is 5.82 Å².